The number of thioether (sulfide) groups is 1. The molecule has 1 aromatic carbocycles. The summed E-state index contributed by atoms with van der Waals surface area (Å²) in [5.41, 5.74) is 0.808. The molecule has 4 heteroatoms. The Bertz CT molecular complexity index is 322. The minimum atomic E-state index is -0.195. The van der Waals surface area contributed by atoms with Gasteiger partial charge in [-0.25, -0.2) is 4.79 Å². The van der Waals surface area contributed by atoms with Gasteiger partial charge in [-0.3, -0.25) is 0 Å². The van der Waals surface area contributed by atoms with Crippen LogP contribution in [-0.4, -0.2) is 18.3 Å². The lowest BCUT2D eigenvalue weighted by Gasteiger charge is -2.07. The van der Waals surface area contributed by atoms with E-state index >= 15 is 0 Å². The zero-order valence-electron chi connectivity index (χ0n) is 9.20. The Morgan fingerprint density at radius 3 is 2.33 bits per heavy atom. The summed E-state index contributed by atoms with van der Waals surface area (Å²) in [5.74, 6) is 0. The van der Waals surface area contributed by atoms with Crippen molar-refractivity contribution < 1.29 is 4.79 Å². The Labute approximate surface area is 94.6 Å². The number of rotatable bonds is 3. The molecule has 0 unspecified atom stereocenters. The molecule has 0 saturated heterocycles. The van der Waals surface area contributed by atoms with Gasteiger partial charge in [0.15, 0.2) is 0 Å². The van der Waals surface area contributed by atoms with Crippen molar-refractivity contribution in [3.05, 3.63) is 24.3 Å². The van der Waals surface area contributed by atoms with Gasteiger partial charge in [-0.2, -0.15) is 0 Å². The number of nitrogens with one attached hydrogen (secondary N) is 2. The van der Waals surface area contributed by atoms with Gasteiger partial charge in [0.05, 0.1) is 0 Å². The molecule has 0 fully saturated rings. The third kappa shape index (κ3) is 4.25. The molecule has 15 heavy (non-hydrogen) atoms. The van der Waals surface area contributed by atoms with Crippen molar-refractivity contribution in [3.63, 3.8) is 0 Å². The molecule has 0 aliphatic heterocycles. The number of carbonyl (C=O) groups excluding carboxylic acids is 1. The van der Waals surface area contributed by atoms with Gasteiger partial charge in [0.1, 0.15) is 0 Å². The number of benzene rings is 1. The van der Waals surface area contributed by atoms with Gasteiger partial charge in [0, 0.05) is 22.9 Å². The van der Waals surface area contributed by atoms with Crippen molar-refractivity contribution in [1.82, 2.24) is 5.32 Å². The van der Waals surface area contributed by atoms with Crippen molar-refractivity contribution >= 4 is 23.5 Å². The molecule has 0 atom stereocenters. The van der Waals surface area contributed by atoms with Crippen LogP contribution in [0.15, 0.2) is 29.2 Å². The molecule has 0 radical (unpaired) electrons. The maximum absolute atomic E-state index is 11.0. The van der Waals surface area contributed by atoms with E-state index in [1.165, 1.54) is 4.90 Å². The average Bonchev–Trinajstić information content (AvgIpc) is 2.20. The van der Waals surface area contributed by atoms with Gasteiger partial charge < -0.3 is 10.6 Å². The highest BCUT2D eigenvalue weighted by Crippen LogP contribution is 2.23. The molecule has 2 amide bonds. The number of amides is 2. The Balaban J connectivity index is 2.60. The van der Waals surface area contributed by atoms with Crippen LogP contribution in [0.3, 0.4) is 0 Å². The largest absolute Gasteiger partial charge is 0.341 e. The molecule has 1 aromatic rings. The standard InChI is InChI=1S/C11H16N2OS/c1-8(2)15-10-6-4-9(5-7-10)13-11(14)12-3/h4-8H,1-3H3,(H2,12,13,14). The molecular formula is C11H16N2OS. The first kappa shape index (κ1) is 11.9. The summed E-state index contributed by atoms with van der Waals surface area (Å²) in [4.78, 5) is 12.2. The molecule has 0 aliphatic rings. The van der Waals surface area contributed by atoms with Crippen molar-refractivity contribution in [3.8, 4) is 0 Å². The molecule has 2 N–H and O–H groups in total. The second-order valence-electron chi connectivity index (χ2n) is 3.40. The van der Waals surface area contributed by atoms with E-state index in [1.54, 1.807) is 18.8 Å². The second-order valence-corrected chi connectivity index (χ2v) is 5.05. The summed E-state index contributed by atoms with van der Waals surface area (Å²) in [6, 6.07) is 7.63. The molecule has 0 aliphatic carbocycles. The van der Waals surface area contributed by atoms with Crippen LogP contribution in [0.1, 0.15) is 13.8 Å². The molecular weight excluding hydrogens is 208 g/mol. The summed E-state index contributed by atoms with van der Waals surface area (Å²) in [6.45, 7) is 4.31. The Morgan fingerprint density at radius 2 is 1.87 bits per heavy atom. The molecule has 3 nitrogen and oxygen atoms in total. The summed E-state index contributed by atoms with van der Waals surface area (Å²) < 4.78 is 0. The number of hydrogen-bond donors (Lipinski definition) is 2. The molecule has 0 bridgehead atoms. The van der Waals surface area contributed by atoms with E-state index in [2.05, 4.69) is 24.5 Å². The first-order chi connectivity index (χ1) is 7.11. The van der Waals surface area contributed by atoms with Crippen molar-refractivity contribution in [2.24, 2.45) is 0 Å². The topological polar surface area (TPSA) is 41.1 Å². The van der Waals surface area contributed by atoms with Crippen LogP contribution in [0.4, 0.5) is 10.5 Å². The molecule has 82 valence electrons. The van der Waals surface area contributed by atoms with Crippen LogP contribution in [0.25, 0.3) is 0 Å². The normalized spacial score (nSPS) is 10.1. The second kappa shape index (κ2) is 5.66. The van der Waals surface area contributed by atoms with Crippen molar-refractivity contribution in [2.45, 2.75) is 24.0 Å². The van der Waals surface area contributed by atoms with E-state index in [4.69, 9.17) is 0 Å². The van der Waals surface area contributed by atoms with Crippen LogP contribution in [0, 0.1) is 0 Å². The van der Waals surface area contributed by atoms with Crippen molar-refractivity contribution in [2.75, 3.05) is 12.4 Å². The van der Waals surface area contributed by atoms with Gasteiger partial charge in [-0.15, -0.1) is 11.8 Å². The van der Waals surface area contributed by atoms with Gasteiger partial charge in [-0.05, 0) is 24.3 Å². The Morgan fingerprint density at radius 1 is 1.27 bits per heavy atom. The van der Waals surface area contributed by atoms with Gasteiger partial charge in [0.25, 0.3) is 0 Å². The third-order valence-electron chi connectivity index (χ3n) is 1.71. The summed E-state index contributed by atoms with van der Waals surface area (Å²) in [5, 5.41) is 5.79. The number of urea groups is 1. The average molecular weight is 224 g/mol. The minimum absolute atomic E-state index is 0.195. The predicted molar refractivity (Wildman–Crippen MR) is 65.5 cm³/mol. The number of hydrogen-bond acceptors (Lipinski definition) is 2. The van der Waals surface area contributed by atoms with E-state index in [9.17, 15) is 4.79 Å². The van der Waals surface area contributed by atoms with Gasteiger partial charge in [0.2, 0.25) is 0 Å². The van der Waals surface area contributed by atoms with Crippen LogP contribution in [-0.2, 0) is 0 Å². The van der Waals surface area contributed by atoms with E-state index in [0.717, 1.165) is 5.69 Å². The fourth-order valence-electron chi connectivity index (χ4n) is 1.08. The molecule has 1 rings (SSSR count). The van der Waals surface area contributed by atoms with Crippen LogP contribution < -0.4 is 10.6 Å². The maximum Gasteiger partial charge on any atom is 0.318 e. The highest BCUT2D eigenvalue weighted by Gasteiger charge is 2.00. The number of anilines is 1. The monoisotopic (exact) mass is 224 g/mol. The maximum atomic E-state index is 11.0. The van der Waals surface area contributed by atoms with E-state index in [0.29, 0.717) is 5.25 Å². The zero-order valence-corrected chi connectivity index (χ0v) is 10.0. The first-order valence-electron chi connectivity index (χ1n) is 4.87. The summed E-state index contributed by atoms with van der Waals surface area (Å²) in [6.07, 6.45) is 0. The number of carbonyl (C=O) groups is 1. The summed E-state index contributed by atoms with van der Waals surface area (Å²) in [7, 11) is 1.60. The predicted octanol–water partition coefficient (Wildman–Crippen LogP) is 2.94. The van der Waals surface area contributed by atoms with Crippen LogP contribution >= 0.6 is 11.8 Å². The Hall–Kier alpha value is -1.16. The van der Waals surface area contributed by atoms with E-state index < -0.39 is 0 Å². The smallest absolute Gasteiger partial charge is 0.318 e. The van der Waals surface area contributed by atoms with Gasteiger partial charge >= 0.3 is 6.03 Å². The molecule has 0 saturated carbocycles. The molecule has 0 spiro atoms. The SMILES string of the molecule is CNC(=O)Nc1ccc(SC(C)C)cc1. The van der Waals surface area contributed by atoms with Crippen LogP contribution in [0.5, 0.6) is 0 Å². The quantitative estimate of drug-likeness (QED) is 0.775. The highest BCUT2D eigenvalue weighted by molar-refractivity contribution is 7.99. The summed E-state index contributed by atoms with van der Waals surface area (Å²) >= 11 is 1.80. The van der Waals surface area contributed by atoms with E-state index in [1.807, 2.05) is 24.3 Å². The lowest BCUT2D eigenvalue weighted by Crippen LogP contribution is -2.24. The van der Waals surface area contributed by atoms with E-state index in [-0.39, 0.29) is 6.03 Å². The lowest BCUT2D eigenvalue weighted by atomic mass is 10.3. The third-order valence-corrected chi connectivity index (χ3v) is 2.73. The minimum Gasteiger partial charge on any atom is -0.341 e. The molecule has 0 aromatic heterocycles. The Kier molecular flexibility index (Phi) is 4.49. The van der Waals surface area contributed by atoms with Crippen molar-refractivity contribution in [1.29, 1.82) is 0 Å². The van der Waals surface area contributed by atoms with Gasteiger partial charge in [-0.1, -0.05) is 13.8 Å². The molecule has 0 heterocycles. The zero-order chi connectivity index (χ0) is 11.3. The fourth-order valence-corrected chi connectivity index (χ4v) is 1.92. The lowest BCUT2D eigenvalue weighted by molar-refractivity contribution is 0.254. The fraction of sp³-hybridized carbons (Fsp3) is 0.364. The van der Waals surface area contributed by atoms with Crippen LogP contribution in [0.2, 0.25) is 0 Å². The highest BCUT2D eigenvalue weighted by atomic mass is 32.2. The first-order valence-corrected chi connectivity index (χ1v) is 5.75.